The molecule has 14 heavy (non-hydrogen) atoms. The van der Waals surface area contributed by atoms with Gasteiger partial charge < -0.3 is 9.47 Å². The van der Waals surface area contributed by atoms with E-state index in [9.17, 15) is 4.79 Å². The first-order valence-corrected chi connectivity index (χ1v) is 4.36. The first kappa shape index (κ1) is 10.6. The van der Waals surface area contributed by atoms with E-state index < -0.39 is 0 Å². The van der Waals surface area contributed by atoms with Crippen molar-refractivity contribution in [3.05, 3.63) is 36.2 Å². The smallest absolute Gasteiger partial charge is 0.338 e. The number of methoxy groups -OCH3 is 1. The third-order valence-electron chi connectivity index (χ3n) is 1.79. The predicted molar refractivity (Wildman–Crippen MR) is 53.4 cm³/mol. The number of benzene rings is 1. The normalized spacial score (nSPS) is 9.64. The Hall–Kier alpha value is -1.51. The zero-order valence-electron chi connectivity index (χ0n) is 8.37. The van der Waals surface area contributed by atoms with Gasteiger partial charge in [0.05, 0.1) is 19.3 Å². The maximum Gasteiger partial charge on any atom is 0.338 e. The van der Waals surface area contributed by atoms with Gasteiger partial charge in [0.25, 0.3) is 0 Å². The lowest BCUT2D eigenvalue weighted by Crippen LogP contribution is -2.04. The molecule has 1 aromatic carbocycles. The number of rotatable bonds is 3. The molecular weight excluding hydrogens is 180 g/mol. The van der Waals surface area contributed by atoms with Gasteiger partial charge in [-0.25, -0.2) is 4.79 Å². The molecule has 0 aromatic heterocycles. The van der Waals surface area contributed by atoms with Gasteiger partial charge in [0.1, 0.15) is 5.75 Å². The molecule has 3 nitrogen and oxygen atoms in total. The number of esters is 1. The highest BCUT2D eigenvalue weighted by atomic mass is 16.5. The fraction of sp³-hybridized carbons (Fsp3) is 0.273. The molecular formula is C11H13O3. The van der Waals surface area contributed by atoms with Crippen molar-refractivity contribution in [3.8, 4) is 5.75 Å². The first-order valence-electron chi connectivity index (χ1n) is 4.36. The number of ether oxygens (including phenoxy) is 2. The molecule has 0 N–H and O–H groups in total. The van der Waals surface area contributed by atoms with Crippen LogP contribution in [0.4, 0.5) is 0 Å². The minimum atomic E-state index is -0.377. The third kappa shape index (κ3) is 2.25. The summed E-state index contributed by atoms with van der Waals surface area (Å²) in [5.74, 6) is 0.336. The maximum absolute atomic E-state index is 11.2. The fourth-order valence-corrected chi connectivity index (χ4v) is 1.14. The van der Waals surface area contributed by atoms with E-state index in [0.29, 0.717) is 23.5 Å². The number of carbonyl (C=O) groups excluding carboxylic acids is 1. The second-order valence-corrected chi connectivity index (χ2v) is 2.74. The zero-order valence-corrected chi connectivity index (χ0v) is 8.37. The summed E-state index contributed by atoms with van der Waals surface area (Å²) in [5, 5.41) is 0. The molecule has 1 radical (unpaired) electrons. The SMILES string of the molecule is [CH2]c1cc(OCC)ccc1C(=O)OC. The van der Waals surface area contributed by atoms with E-state index in [1.54, 1.807) is 18.2 Å². The Morgan fingerprint density at radius 2 is 2.21 bits per heavy atom. The predicted octanol–water partition coefficient (Wildman–Crippen LogP) is 2.05. The van der Waals surface area contributed by atoms with Crippen LogP contribution in [-0.2, 0) is 4.74 Å². The Balaban J connectivity index is 2.95. The Bertz CT molecular complexity index is 331. The molecule has 0 fully saturated rings. The summed E-state index contributed by atoms with van der Waals surface area (Å²) in [6.45, 7) is 6.25. The van der Waals surface area contributed by atoms with Crippen molar-refractivity contribution in [2.45, 2.75) is 6.92 Å². The van der Waals surface area contributed by atoms with Crippen molar-refractivity contribution in [1.82, 2.24) is 0 Å². The highest BCUT2D eigenvalue weighted by Crippen LogP contribution is 2.17. The largest absolute Gasteiger partial charge is 0.494 e. The van der Waals surface area contributed by atoms with E-state index >= 15 is 0 Å². The Labute approximate surface area is 83.6 Å². The number of hydrogen-bond donors (Lipinski definition) is 0. The van der Waals surface area contributed by atoms with Gasteiger partial charge in [0, 0.05) is 0 Å². The van der Waals surface area contributed by atoms with Crippen molar-refractivity contribution < 1.29 is 14.3 Å². The third-order valence-corrected chi connectivity index (χ3v) is 1.79. The van der Waals surface area contributed by atoms with Crippen LogP contribution in [0.3, 0.4) is 0 Å². The molecule has 0 aliphatic carbocycles. The van der Waals surface area contributed by atoms with Crippen LogP contribution in [0.2, 0.25) is 0 Å². The van der Waals surface area contributed by atoms with Crippen LogP contribution in [0.25, 0.3) is 0 Å². The molecule has 0 aliphatic rings. The van der Waals surface area contributed by atoms with E-state index in [2.05, 4.69) is 11.7 Å². The van der Waals surface area contributed by atoms with Crippen LogP contribution in [0, 0.1) is 6.92 Å². The molecule has 1 aromatic rings. The van der Waals surface area contributed by atoms with Gasteiger partial charge in [-0.1, -0.05) is 0 Å². The highest BCUT2D eigenvalue weighted by Gasteiger charge is 2.09. The molecule has 0 unspecified atom stereocenters. The lowest BCUT2D eigenvalue weighted by atomic mass is 10.1. The van der Waals surface area contributed by atoms with Gasteiger partial charge in [0.15, 0.2) is 0 Å². The molecule has 0 bridgehead atoms. The Kier molecular flexibility index (Phi) is 3.51. The van der Waals surface area contributed by atoms with Crippen molar-refractivity contribution in [2.24, 2.45) is 0 Å². The Morgan fingerprint density at radius 1 is 1.50 bits per heavy atom. The van der Waals surface area contributed by atoms with Gasteiger partial charge in [-0.05, 0) is 37.6 Å². The molecule has 75 valence electrons. The van der Waals surface area contributed by atoms with E-state index in [1.807, 2.05) is 6.92 Å². The number of hydrogen-bond acceptors (Lipinski definition) is 3. The van der Waals surface area contributed by atoms with Crippen LogP contribution in [0.5, 0.6) is 5.75 Å². The lowest BCUT2D eigenvalue weighted by molar-refractivity contribution is 0.0600. The quantitative estimate of drug-likeness (QED) is 0.689. The van der Waals surface area contributed by atoms with Crippen molar-refractivity contribution in [3.63, 3.8) is 0 Å². The van der Waals surface area contributed by atoms with Gasteiger partial charge in [0.2, 0.25) is 0 Å². The van der Waals surface area contributed by atoms with Crippen molar-refractivity contribution in [1.29, 1.82) is 0 Å². The monoisotopic (exact) mass is 193 g/mol. The van der Waals surface area contributed by atoms with Crippen LogP contribution in [-0.4, -0.2) is 19.7 Å². The topological polar surface area (TPSA) is 35.5 Å². The van der Waals surface area contributed by atoms with E-state index in [0.717, 1.165) is 0 Å². The van der Waals surface area contributed by atoms with Gasteiger partial charge in [-0.15, -0.1) is 0 Å². The van der Waals surface area contributed by atoms with Crippen molar-refractivity contribution >= 4 is 5.97 Å². The first-order chi connectivity index (χ1) is 6.69. The molecule has 0 saturated carbocycles. The van der Waals surface area contributed by atoms with Gasteiger partial charge in [-0.3, -0.25) is 0 Å². The van der Waals surface area contributed by atoms with E-state index in [4.69, 9.17) is 4.74 Å². The average molecular weight is 193 g/mol. The minimum Gasteiger partial charge on any atom is -0.494 e. The average Bonchev–Trinajstić information content (AvgIpc) is 2.17. The fourth-order valence-electron chi connectivity index (χ4n) is 1.14. The molecule has 1 rings (SSSR count). The second-order valence-electron chi connectivity index (χ2n) is 2.74. The van der Waals surface area contributed by atoms with Crippen LogP contribution in [0.15, 0.2) is 18.2 Å². The molecule has 0 spiro atoms. The summed E-state index contributed by atoms with van der Waals surface area (Å²) in [6, 6.07) is 5.10. The summed E-state index contributed by atoms with van der Waals surface area (Å²) < 4.78 is 9.86. The van der Waals surface area contributed by atoms with Crippen LogP contribution >= 0.6 is 0 Å². The van der Waals surface area contributed by atoms with Crippen molar-refractivity contribution in [2.75, 3.05) is 13.7 Å². The number of carbonyl (C=O) groups is 1. The molecule has 0 aliphatic heterocycles. The molecule has 0 atom stereocenters. The minimum absolute atomic E-state index is 0.377. The molecule has 0 amide bonds. The van der Waals surface area contributed by atoms with Gasteiger partial charge >= 0.3 is 5.97 Å². The van der Waals surface area contributed by atoms with Gasteiger partial charge in [-0.2, -0.15) is 0 Å². The standard InChI is InChI=1S/C11H13O3/c1-4-14-9-5-6-10(8(2)7-9)11(12)13-3/h5-7H,2,4H2,1,3H3. The van der Waals surface area contributed by atoms with Crippen LogP contribution < -0.4 is 4.74 Å². The summed E-state index contributed by atoms with van der Waals surface area (Å²) in [7, 11) is 1.35. The molecule has 3 heteroatoms. The summed E-state index contributed by atoms with van der Waals surface area (Å²) in [4.78, 5) is 11.2. The summed E-state index contributed by atoms with van der Waals surface area (Å²) in [6.07, 6.45) is 0. The lowest BCUT2D eigenvalue weighted by Gasteiger charge is -2.07. The second kappa shape index (κ2) is 4.65. The Morgan fingerprint density at radius 3 is 2.71 bits per heavy atom. The highest BCUT2D eigenvalue weighted by molar-refractivity contribution is 5.91. The summed E-state index contributed by atoms with van der Waals surface area (Å²) in [5.41, 5.74) is 1.08. The summed E-state index contributed by atoms with van der Waals surface area (Å²) >= 11 is 0. The maximum atomic E-state index is 11.2. The van der Waals surface area contributed by atoms with E-state index in [1.165, 1.54) is 7.11 Å². The zero-order chi connectivity index (χ0) is 10.6. The molecule has 0 saturated heterocycles. The van der Waals surface area contributed by atoms with Crippen LogP contribution in [0.1, 0.15) is 22.8 Å². The van der Waals surface area contributed by atoms with E-state index in [-0.39, 0.29) is 5.97 Å². The molecule has 0 heterocycles.